The first kappa shape index (κ1) is 15.2. The number of carbonyl (C=O) groups is 2. The zero-order chi connectivity index (χ0) is 15.1. The summed E-state index contributed by atoms with van der Waals surface area (Å²) in [6, 6.07) is -1.93. The maximum atomic E-state index is 12.4. The van der Waals surface area contributed by atoms with Crippen molar-refractivity contribution >= 4 is 21.9 Å². The third-order valence-electron chi connectivity index (χ3n) is 3.76. The molecular weight excluding hydrogens is 288 g/mol. The van der Waals surface area contributed by atoms with E-state index in [4.69, 9.17) is 5.11 Å². The van der Waals surface area contributed by atoms with Gasteiger partial charge in [-0.1, -0.05) is 0 Å². The van der Waals surface area contributed by atoms with Crippen LogP contribution in [0.4, 0.5) is 0 Å². The molecule has 2 heterocycles. The fourth-order valence-corrected chi connectivity index (χ4v) is 3.99. The Kier molecular flexibility index (Phi) is 4.03. The number of nitrogens with zero attached hydrogens (tertiary/aromatic N) is 2. The van der Waals surface area contributed by atoms with Gasteiger partial charge in [0, 0.05) is 19.5 Å². The predicted molar refractivity (Wildman–Crippen MR) is 68.3 cm³/mol. The van der Waals surface area contributed by atoms with Crippen molar-refractivity contribution in [3.05, 3.63) is 0 Å². The maximum absolute atomic E-state index is 12.4. The Hall–Kier alpha value is -1.19. The Labute approximate surface area is 117 Å². The highest BCUT2D eigenvalue weighted by Crippen LogP contribution is 2.26. The third kappa shape index (κ3) is 2.79. The number of likely N-dealkylation sites (tertiary alicyclic amines) is 1. The smallest absolute Gasteiger partial charge is 0.326 e. The molecule has 0 aromatic heterocycles. The zero-order valence-electron chi connectivity index (χ0n) is 11.1. The fraction of sp³-hybridized carbons (Fsp3) is 0.818. The molecule has 2 aliphatic rings. The van der Waals surface area contributed by atoms with E-state index in [0.717, 1.165) is 15.5 Å². The van der Waals surface area contributed by atoms with Gasteiger partial charge in [0.15, 0.2) is 0 Å². The van der Waals surface area contributed by atoms with E-state index in [1.54, 1.807) is 0 Å². The number of hydrogen-bond donors (Lipinski definition) is 2. The standard InChI is InChI=1S/C11H18N2O6S/c1-20(18,19)13-4-2-3-8(13)10(15)12-6-7(14)5-9(12)11(16)17/h7-9,14H,2-6H2,1H3,(H,16,17)/t7-,8?,9-/m0/s1. The van der Waals surface area contributed by atoms with Gasteiger partial charge in [-0.05, 0) is 12.8 Å². The average molecular weight is 306 g/mol. The van der Waals surface area contributed by atoms with Crippen molar-refractivity contribution < 1.29 is 28.2 Å². The molecular formula is C11H18N2O6S. The van der Waals surface area contributed by atoms with Gasteiger partial charge in [0.25, 0.3) is 0 Å². The molecule has 3 atom stereocenters. The summed E-state index contributed by atoms with van der Waals surface area (Å²) in [6.07, 6.45) is 1.08. The molecule has 2 rings (SSSR count). The van der Waals surface area contributed by atoms with E-state index in [1.807, 2.05) is 0 Å². The molecule has 0 aromatic rings. The van der Waals surface area contributed by atoms with Gasteiger partial charge < -0.3 is 15.1 Å². The number of carboxylic acids is 1. The number of carboxylic acid groups (broad SMARTS) is 1. The van der Waals surface area contributed by atoms with Crippen molar-refractivity contribution in [2.75, 3.05) is 19.3 Å². The second-order valence-electron chi connectivity index (χ2n) is 5.27. The SMILES string of the molecule is CS(=O)(=O)N1CCCC1C(=O)N1C[C@@H](O)C[C@H]1C(=O)O. The van der Waals surface area contributed by atoms with Crippen LogP contribution in [0.5, 0.6) is 0 Å². The van der Waals surface area contributed by atoms with Gasteiger partial charge in [0.2, 0.25) is 15.9 Å². The van der Waals surface area contributed by atoms with Crippen LogP contribution in [0, 0.1) is 0 Å². The molecule has 2 fully saturated rings. The van der Waals surface area contributed by atoms with Crippen LogP contribution in [0.15, 0.2) is 0 Å². The van der Waals surface area contributed by atoms with Gasteiger partial charge in [0.05, 0.1) is 12.4 Å². The molecule has 1 amide bonds. The molecule has 2 saturated heterocycles. The number of aliphatic carboxylic acids is 1. The number of hydrogen-bond acceptors (Lipinski definition) is 5. The molecule has 0 bridgehead atoms. The largest absolute Gasteiger partial charge is 0.480 e. The Bertz CT molecular complexity index is 519. The lowest BCUT2D eigenvalue weighted by Gasteiger charge is -2.28. The summed E-state index contributed by atoms with van der Waals surface area (Å²) in [5, 5.41) is 18.6. The molecule has 2 aliphatic heterocycles. The molecule has 114 valence electrons. The van der Waals surface area contributed by atoms with Gasteiger partial charge in [-0.3, -0.25) is 4.79 Å². The van der Waals surface area contributed by atoms with Crippen LogP contribution in [0.1, 0.15) is 19.3 Å². The first-order chi connectivity index (χ1) is 9.21. The molecule has 8 nitrogen and oxygen atoms in total. The van der Waals surface area contributed by atoms with Crippen molar-refractivity contribution in [1.82, 2.24) is 9.21 Å². The van der Waals surface area contributed by atoms with E-state index >= 15 is 0 Å². The highest BCUT2D eigenvalue weighted by Gasteiger charge is 2.45. The number of carbonyl (C=O) groups excluding carboxylic acids is 1. The van der Waals surface area contributed by atoms with E-state index < -0.39 is 40.1 Å². The highest BCUT2D eigenvalue weighted by atomic mass is 32.2. The second-order valence-corrected chi connectivity index (χ2v) is 7.20. The predicted octanol–water partition coefficient (Wildman–Crippen LogP) is -1.54. The van der Waals surface area contributed by atoms with Crippen molar-refractivity contribution in [1.29, 1.82) is 0 Å². The summed E-state index contributed by atoms with van der Waals surface area (Å²) >= 11 is 0. The lowest BCUT2D eigenvalue weighted by Crippen LogP contribution is -2.50. The number of β-amino-alcohol motifs (C(OH)–C–C–N with tert-alkyl or cyclic N) is 1. The van der Waals surface area contributed by atoms with Crippen LogP contribution in [-0.2, 0) is 19.6 Å². The molecule has 0 saturated carbocycles. The van der Waals surface area contributed by atoms with Crippen LogP contribution in [-0.4, -0.2) is 77.2 Å². The lowest BCUT2D eigenvalue weighted by atomic mass is 10.1. The Morgan fingerprint density at radius 3 is 2.45 bits per heavy atom. The summed E-state index contributed by atoms with van der Waals surface area (Å²) in [6.45, 7) is 0.202. The summed E-state index contributed by atoms with van der Waals surface area (Å²) in [7, 11) is -3.50. The first-order valence-corrected chi connectivity index (χ1v) is 8.25. The van der Waals surface area contributed by atoms with E-state index in [-0.39, 0.29) is 19.5 Å². The fourth-order valence-electron chi connectivity index (χ4n) is 2.87. The Balaban J connectivity index is 2.20. The van der Waals surface area contributed by atoms with Crippen molar-refractivity contribution in [3.8, 4) is 0 Å². The summed E-state index contributed by atoms with van der Waals surface area (Å²) in [5.74, 6) is -1.71. The highest BCUT2D eigenvalue weighted by molar-refractivity contribution is 7.88. The van der Waals surface area contributed by atoms with E-state index in [2.05, 4.69) is 0 Å². The van der Waals surface area contributed by atoms with Crippen molar-refractivity contribution in [3.63, 3.8) is 0 Å². The monoisotopic (exact) mass is 306 g/mol. The van der Waals surface area contributed by atoms with Gasteiger partial charge in [-0.25, -0.2) is 13.2 Å². The third-order valence-corrected chi connectivity index (χ3v) is 5.05. The zero-order valence-corrected chi connectivity index (χ0v) is 11.9. The topological polar surface area (TPSA) is 115 Å². The second kappa shape index (κ2) is 5.30. The molecule has 2 N–H and O–H groups in total. The van der Waals surface area contributed by atoms with Crippen LogP contribution >= 0.6 is 0 Å². The first-order valence-electron chi connectivity index (χ1n) is 6.40. The Morgan fingerprint density at radius 1 is 1.25 bits per heavy atom. The van der Waals surface area contributed by atoms with E-state index in [1.165, 1.54) is 0 Å². The molecule has 0 spiro atoms. The number of sulfonamides is 1. The van der Waals surface area contributed by atoms with Gasteiger partial charge in [-0.15, -0.1) is 0 Å². The number of rotatable bonds is 3. The van der Waals surface area contributed by atoms with Crippen molar-refractivity contribution in [2.24, 2.45) is 0 Å². The minimum absolute atomic E-state index is 0.0212. The molecule has 20 heavy (non-hydrogen) atoms. The number of aliphatic hydroxyl groups excluding tert-OH is 1. The Morgan fingerprint density at radius 2 is 1.90 bits per heavy atom. The normalized spacial score (nSPS) is 31.7. The quantitative estimate of drug-likeness (QED) is 0.653. The lowest BCUT2D eigenvalue weighted by molar-refractivity contribution is -0.149. The maximum Gasteiger partial charge on any atom is 0.326 e. The van der Waals surface area contributed by atoms with Gasteiger partial charge in [-0.2, -0.15) is 4.31 Å². The van der Waals surface area contributed by atoms with Crippen LogP contribution in [0.3, 0.4) is 0 Å². The minimum Gasteiger partial charge on any atom is -0.480 e. The van der Waals surface area contributed by atoms with Gasteiger partial charge >= 0.3 is 5.97 Å². The summed E-state index contributed by atoms with van der Waals surface area (Å²) in [5.41, 5.74) is 0. The molecule has 0 radical (unpaired) electrons. The van der Waals surface area contributed by atoms with Gasteiger partial charge in [0.1, 0.15) is 12.1 Å². The average Bonchev–Trinajstić information content (AvgIpc) is 2.92. The van der Waals surface area contributed by atoms with Crippen LogP contribution < -0.4 is 0 Å². The summed E-state index contributed by atoms with van der Waals surface area (Å²) in [4.78, 5) is 24.6. The summed E-state index contributed by atoms with van der Waals surface area (Å²) < 4.78 is 24.4. The number of amides is 1. The molecule has 0 aromatic carbocycles. The minimum atomic E-state index is -3.50. The van der Waals surface area contributed by atoms with E-state index in [0.29, 0.717) is 12.8 Å². The molecule has 9 heteroatoms. The number of aliphatic hydroxyl groups is 1. The molecule has 1 unspecified atom stereocenters. The van der Waals surface area contributed by atoms with Crippen molar-refractivity contribution in [2.45, 2.75) is 37.5 Å². The molecule has 0 aliphatic carbocycles. The van der Waals surface area contributed by atoms with Crippen LogP contribution in [0.25, 0.3) is 0 Å². The van der Waals surface area contributed by atoms with E-state index in [9.17, 15) is 23.1 Å². The van der Waals surface area contributed by atoms with Crippen LogP contribution in [0.2, 0.25) is 0 Å².